The highest BCUT2D eigenvalue weighted by Crippen LogP contribution is 2.32. The summed E-state index contributed by atoms with van der Waals surface area (Å²) in [5.41, 5.74) is 2.17. The molecular formula is C21H27NO3. The summed E-state index contributed by atoms with van der Waals surface area (Å²) in [5.74, 6) is 2.07. The van der Waals surface area contributed by atoms with Crippen molar-refractivity contribution in [2.45, 2.75) is 25.5 Å². The first kappa shape index (κ1) is 17.8. The predicted molar refractivity (Wildman–Crippen MR) is 98.9 cm³/mol. The van der Waals surface area contributed by atoms with Crippen molar-refractivity contribution in [3.05, 3.63) is 59.7 Å². The Morgan fingerprint density at radius 1 is 1.04 bits per heavy atom. The lowest BCUT2D eigenvalue weighted by molar-refractivity contribution is 0.0565. The van der Waals surface area contributed by atoms with E-state index in [-0.39, 0.29) is 6.10 Å². The van der Waals surface area contributed by atoms with Crippen LogP contribution in [0.5, 0.6) is 11.5 Å². The van der Waals surface area contributed by atoms with Crippen molar-refractivity contribution in [1.82, 2.24) is 4.90 Å². The van der Waals surface area contributed by atoms with E-state index in [1.807, 2.05) is 48.5 Å². The van der Waals surface area contributed by atoms with Crippen molar-refractivity contribution < 1.29 is 14.6 Å². The van der Waals surface area contributed by atoms with Crippen molar-refractivity contribution in [2.75, 3.05) is 27.3 Å². The third-order valence-corrected chi connectivity index (χ3v) is 5.10. The molecule has 4 heteroatoms. The molecule has 1 atom stereocenters. The first-order valence-electron chi connectivity index (χ1n) is 8.87. The number of aliphatic hydroxyl groups excluding tert-OH is 1. The van der Waals surface area contributed by atoms with Gasteiger partial charge in [-0.3, -0.25) is 4.90 Å². The van der Waals surface area contributed by atoms with Crippen LogP contribution >= 0.6 is 0 Å². The second-order valence-electron chi connectivity index (χ2n) is 6.65. The third-order valence-electron chi connectivity index (χ3n) is 5.10. The zero-order valence-electron chi connectivity index (χ0n) is 15.0. The average molecular weight is 341 g/mol. The molecule has 1 unspecified atom stereocenters. The van der Waals surface area contributed by atoms with E-state index in [4.69, 9.17) is 9.47 Å². The molecule has 1 aliphatic heterocycles. The molecule has 0 amide bonds. The maximum atomic E-state index is 10.6. The number of nitrogens with zero attached hydrogens (tertiary/aromatic N) is 1. The van der Waals surface area contributed by atoms with Crippen LogP contribution in [-0.4, -0.2) is 37.3 Å². The maximum absolute atomic E-state index is 10.6. The summed E-state index contributed by atoms with van der Waals surface area (Å²) >= 11 is 0. The molecule has 1 saturated heterocycles. The number of rotatable bonds is 6. The first-order valence-corrected chi connectivity index (χ1v) is 8.87. The highest BCUT2D eigenvalue weighted by molar-refractivity contribution is 5.40. The number of hydrogen-bond acceptors (Lipinski definition) is 4. The average Bonchev–Trinajstić information content (AvgIpc) is 2.68. The molecule has 1 N–H and O–H groups in total. The fourth-order valence-corrected chi connectivity index (χ4v) is 3.60. The number of benzene rings is 2. The topological polar surface area (TPSA) is 41.9 Å². The molecule has 0 aromatic heterocycles. The molecule has 0 saturated carbocycles. The fraction of sp³-hybridized carbons (Fsp3) is 0.429. The van der Waals surface area contributed by atoms with Gasteiger partial charge in [-0.15, -0.1) is 0 Å². The molecule has 0 bridgehead atoms. The number of piperidine rings is 1. The minimum Gasteiger partial charge on any atom is -0.497 e. The van der Waals surface area contributed by atoms with Gasteiger partial charge in [0.1, 0.15) is 11.5 Å². The van der Waals surface area contributed by atoms with Crippen LogP contribution in [0.1, 0.15) is 30.1 Å². The Hall–Kier alpha value is -2.04. The van der Waals surface area contributed by atoms with Crippen LogP contribution in [0.3, 0.4) is 0 Å². The zero-order chi connectivity index (χ0) is 17.6. The van der Waals surface area contributed by atoms with Crippen molar-refractivity contribution in [3.8, 4) is 11.5 Å². The van der Waals surface area contributed by atoms with Crippen LogP contribution in [0.15, 0.2) is 48.5 Å². The van der Waals surface area contributed by atoms with Gasteiger partial charge in [-0.05, 0) is 55.6 Å². The molecule has 134 valence electrons. The Kier molecular flexibility index (Phi) is 5.95. The van der Waals surface area contributed by atoms with E-state index in [1.54, 1.807) is 14.2 Å². The fourth-order valence-electron chi connectivity index (χ4n) is 3.60. The molecule has 1 aliphatic rings. The van der Waals surface area contributed by atoms with Gasteiger partial charge < -0.3 is 14.6 Å². The molecule has 25 heavy (non-hydrogen) atoms. The maximum Gasteiger partial charge on any atom is 0.123 e. The van der Waals surface area contributed by atoms with E-state index in [1.165, 1.54) is 0 Å². The lowest BCUT2D eigenvalue weighted by atomic mass is 9.87. The van der Waals surface area contributed by atoms with Gasteiger partial charge in [0.25, 0.3) is 0 Å². The van der Waals surface area contributed by atoms with E-state index in [9.17, 15) is 5.11 Å². The van der Waals surface area contributed by atoms with Crippen LogP contribution in [0, 0.1) is 5.92 Å². The highest BCUT2D eigenvalue weighted by atomic mass is 16.5. The number of aliphatic hydroxyl groups is 1. The summed E-state index contributed by atoms with van der Waals surface area (Å²) in [5, 5.41) is 10.6. The Morgan fingerprint density at radius 2 is 1.76 bits per heavy atom. The summed E-state index contributed by atoms with van der Waals surface area (Å²) in [7, 11) is 3.38. The van der Waals surface area contributed by atoms with Gasteiger partial charge in [0.15, 0.2) is 0 Å². The SMILES string of the molecule is COc1ccc(OC)c(CN2CCC(C(O)c3ccccc3)CC2)c1. The molecular weight excluding hydrogens is 314 g/mol. The lowest BCUT2D eigenvalue weighted by Gasteiger charge is -2.34. The molecule has 0 radical (unpaired) electrons. The van der Waals surface area contributed by atoms with Crippen LogP contribution in [0.25, 0.3) is 0 Å². The van der Waals surface area contributed by atoms with E-state index in [0.29, 0.717) is 5.92 Å². The van der Waals surface area contributed by atoms with Gasteiger partial charge >= 0.3 is 0 Å². The largest absolute Gasteiger partial charge is 0.497 e. The van der Waals surface area contributed by atoms with E-state index in [0.717, 1.165) is 55.1 Å². The molecule has 2 aromatic carbocycles. The normalized spacial score (nSPS) is 17.2. The number of hydrogen-bond donors (Lipinski definition) is 1. The minimum atomic E-state index is -0.366. The van der Waals surface area contributed by atoms with Crippen LogP contribution in [-0.2, 0) is 6.54 Å². The van der Waals surface area contributed by atoms with Gasteiger partial charge in [-0.1, -0.05) is 30.3 Å². The van der Waals surface area contributed by atoms with Crippen molar-refractivity contribution in [3.63, 3.8) is 0 Å². The molecule has 1 heterocycles. The number of methoxy groups -OCH3 is 2. The zero-order valence-corrected chi connectivity index (χ0v) is 15.0. The van der Waals surface area contributed by atoms with Crippen LogP contribution < -0.4 is 9.47 Å². The first-order chi connectivity index (χ1) is 12.2. The quantitative estimate of drug-likeness (QED) is 0.871. The summed E-state index contributed by atoms with van der Waals surface area (Å²) in [4.78, 5) is 2.42. The van der Waals surface area contributed by atoms with Gasteiger partial charge in [0.05, 0.1) is 20.3 Å². The molecule has 0 spiro atoms. The van der Waals surface area contributed by atoms with E-state index in [2.05, 4.69) is 4.90 Å². The minimum absolute atomic E-state index is 0.325. The molecule has 1 fully saturated rings. The van der Waals surface area contributed by atoms with Crippen molar-refractivity contribution >= 4 is 0 Å². The third kappa shape index (κ3) is 4.33. The summed E-state index contributed by atoms with van der Waals surface area (Å²) < 4.78 is 10.8. The molecule has 0 aliphatic carbocycles. The Bertz CT molecular complexity index is 666. The molecule has 4 nitrogen and oxygen atoms in total. The second-order valence-corrected chi connectivity index (χ2v) is 6.65. The second kappa shape index (κ2) is 8.37. The lowest BCUT2D eigenvalue weighted by Crippen LogP contribution is -2.35. The van der Waals surface area contributed by atoms with Crippen LogP contribution in [0.2, 0.25) is 0 Å². The Labute approximate surface area is 150 Å². The summed E-state index contributed by atoms with van der Waals surface area (Å²) in [6.07, 6.45) is 1.64. The smallest absolute Gasteiger partial charge is 0.123 e. The van der Waals surface area contributed by atoms with Crippen LogP contribution in [0.4, 0.5) is 0 Å². The number of likely N-dealkylation sites (tertiary alicyclic amines) is 1. The van der Waals surface area contributed by atoms with Gasteiger partial charge in [-0.25, -0.2) is 0 Å². The monoisotopic (exact) mass is 341 g/mol. The summed E-state index contributed by atoms with van der Waals surface area (Å²) in [6.45, 7) is 2.80. The Morgan fingerprint density at radius 3 is 2.40 bits per heavy atom. The highest BCUT2D eigenvalue weighted by Gasteiger charge is 2.26. The standard InChI is InChI=1S/C21H27NO3/c1-24-19-8-9-20(25-2)18(14-19)15-22-12-10-17(11-13-22)21(23)16-6-4-3-5-7-16/h3-9,14,17,21,23H,10-13,15H2,1-2H3. The van der Waals surface area contributed by atoms with Crippen molar-refractivity contribution in [2.24, 2.45) is 5.92 Å². The Balaban J connectivity index is 1.59. The van der Waals surface area contributed by atoms with Crippen molar-refractivity contribution in [1.29, 1.82) is 0 Å². The van der Waals surface area contributed by atoms with E-state index >= 15 is 0 Å². The number of ether oxygens (including phenoxy) is 2. The predicted octanol–water partition coefficient (Wildman–Crippen LogP) is 3.65. The van der Waals surface area contributed by atoms with Gasteiger partial charge in [-0.2, -0.15) is 0 Å². The van der Waals surface area contributed by atoms with Gasteiger partial charge in [0, 0.05) is 12.1 Å². The molecule has 3 rings (SSSR count). The summed E-state index contributed by atoms with van der Waals surface area (Å²) in [6, 6.07) is 15.9. The van der Waals surface area contributed by atoms with Gasteiger partial charge in [0.2, 0.25) is 0 Å². The molecule has 2 aromatic rings. The van der Waals surface area contributed by atoms with E-state index < -0.39 is 0 Å².